The van der Waals surface area contributed by atoms with Crippen LogP contribution in [0, 0.1) is 18.3 Å². The first-order valence-electron chi connectivity index (χ1n) is 5.92. The van der Waals surface area contributed by atoms with Crippen molar-refractivity contribution in [3.8, 4) is 6.07 Å². The van der Waals surface area contributed by atoms with E-state index < -0.39 is 0 Å². The molecule has 2 aromatic rings. The molecule has 0 fully saturated rings. The molecule has 0 atom stereocenters. The van der Waals surface area contributed by atoms with E-state index in [2.05, 4.69) is 17.4 Å². The highest BCUT2D eigenvalue weighted by Crippen LogP contribution is 2.06. The topological polar surface area (TPSA) is 45.4 Å². The smallest absolute Gasteiger partial charge is 0.142 e. The number of hydrogen-bond acceptors (Lipinski definition) is 3. The van der Waals surface area contributed by atoms with Crippen molar-refractivity contribution in [2.75, 3.05) is 0 Å². The molecule has 0 aliphatic heterocycles. The van der Waals surface area contributed by atoms with Gasteiger partial charge in [0.15, 0.2) is 0 Å². The van der Waals surface area contributed by atoms with Gasteiger partial charge in [-0.2, -0.15) is 5.26 Å². The summed E-state index contributed by atoms with van der Waals surface area (Å²) < 4.78 is 0. The molecule has 19 heavy (non-hydrogen) atoms. The van der Waals surface area contributed by atoms with Crippen LogP contribution in [0.5, 0.6) is 0 Å². The summed E-state index contributed by atoms with van der Waals surface area (Å²) in [4.78, 5) is 5.18. The van der Waals surface area contributed by atoms with Crippen LogP contribution in [-0.4, -0.2) is 6.21 Å². The fourth-order valence-corrected chi connectivity index (χ4v) is 1.56. The van der Waals surface area contributed by atoms with Gasteiger partial charge in [-0.05, 0) is 30.2 Å². The van der Waals surface area contributed by atoms with Gasteiger partial charge in [-0.25, -0.2) is 0 Å². The van der Waals surface area contributed by atoms with Crippen LogP contribution < -0.4 is 0 Å². The van der Waals surface area contributed by atoms with Gasteiger partial charge in [0.1, 0.15) is 12.8 Å². The van der Waals surface area contributed by atoms with Crippen molar-refractivity contribution in [2.24, 2.45) is 5.16 Å². The highest BCUT2D eigenvalue weighted by molar-refractivity contribution is 5.81. The molecule has 0 saturated carbocycles. The number of rotatable bonds is 4. The molecule has 2 rings (SSSR count). The fraction of sp³-hybridized carbons (Fsp3) is 0.125. The lowest BCUT2D eigenvalue weighted by Gasteiger charge is -2.00. The Morgan fingerprint density at radius 2 is 1.84 bits per heavy atom. The number of benzene rings is 2. The lowest BCUT2D eigenvalue weighted by Crippen LogP contribution is -1.90. The zero-order valence-electron chi connectivity index (χ0n) is 10.6. The van der Waals surface area contributed by atoms with E-state index in [1.54, 1.807) is 12.1 Å². The largest absolute Gasteiger partial charge is 0.390 e. The second-order valence-corrected chi connectivity index (χ2v) is 4.10. The SMILES string of the molecule is Cc1ccccc1/[C]=N\OCc1ccc(C#N)cc1. The van der Waals surface area contributed by atoms with Gasteiger partial charge in [-0.15, -0.1) is 0 Å². The van der Waals surface area contributed by atoms with E-state index in [0.29, 0.717) is 12.2 Å². The van der Waals surface area contributed by atoms with Crippen molar-refractivity contribution < 1.29 is 4.84 Å². The Bertz CT molecular complexity index is 609. The molecule has 2 aromatic carbocycles. The fourth-order valence-electron chi connectivity index (χ4n) is 1.56. The third-order valence-corrected chi connectivity index (χ3v) is 2.69. The van der Waals surface area contributed by atoms with E-state index >= 15 is 0 Å². The van der Waals surface area contributed by atoms with Crippen molar-refractivity contribution in [1.82, 2.24) is 0 Å². The molecular formula is C16H13N2O. The monoisotopic (exact) mass is 249 g/mol. The summed E-state index contributed by atoms with van der Waals surface area (Å²) in [7, 11) is 0. The van der Waals surface area contributed by atoms with Crippen molar-refractivity contribution in [2.45, 2.75) is 13.5 Å². The second-order valence-electron chi connectivity index (χ2n) is 4.10. The van der Waals surface area contributed by atoms with Gasteiger partial charge in [-0.3, -0.25) is 0 Å². The molecule has 3 heteroatoms. The first-order valence-corrected chi connectivity index (χ1v) is 5.92. The molecular weight excluding hydrogens is 236 g/mol. The molecule has 0 aliphatic carbocycles. The van der Waals surface area contributed by atoms with Crippen LogP contribution in [0.4, 0.5) is 0 Å². The Labute approximate surface area is 112 Å². The summed E-state index contributed by atoms with van der Waals surface area (Å²) in [6, 6.07) is 17.1. The summed E-state index contributed by atoms with van der Waals surface area (Å²) in [6.07, 6.45) is 2.86. The van der Waals surface area contributed by atoms with Crippen LogP contribution in [0.1, 0.15) is 22.3 Å². The van der Waals surface area contributed by atoms with Crippen LogP contribution in [0.3, 0.4) is 0 Å². The van der Waals surface area contributed by atoms with Crippen LogP contribution in [0.2, 0.25) is 0 Å². The van der Waals surface area contributed by atoms with Crippen molar-refractivity contribution in [1.29, 1.82) is 5.26 Å². The van der Waals surface area contributed by atoms with Gasteiger partial charge in [0.05, 0.1) is 11.6 Å². The lowest BCUT2D eigenvalue weighted by molar-refractivity contribution is 0.132. The van der Waals surface area contributed by atoms with E-state index in [4.69, 9.17) is 10.1 Å². The zero-order chi connectivity index (χ0) is 13.5. The van der Waals surface area contributed by atoms with Gasteiger partial charge in [0, 0.05) is 5.56 Å². The molecule has 0 spiro atoms. The van der Waals surface area contributed by atoms with Crippen LogP contribution in [0.25, 0.3) is 0 Å². The molecule has 0 saturated heterocycles. The Hall–Kier alpha value is -2.60. The molecule has 1 radical (unpaired) electrons. The number of aryl methyl sites for hydroxylation is 1. The van der Waals surface area contributed by atoms with Crippen molar-refractivity contribution in [3.63, 3.8) is 0 Å². The molecule has 0 bridgehead atoms. The van der Waals surface area contributed by atoms with Crippen LogP contribution in [0.15, 0.2) is 53.7 Å². The maximum atomic E-state index is 8.68. The highest BCUT2D eigenvalue weighted by atomic mass is 16.6. The number of nitriles is 1. The summed E-state index contributed by atoms with van der Waals surface area (Å²) in [5.74, 6) is 0. The molecule has 0 aliphatic rings. The summed E-state index contributed by atoms with van der Waals surface area (Å²) in [5.41, 5.74) is 3.63. The molecule has 93 valence electrons. The molecule has 0 aromatic heterocycles. The Kier molecular flexibility index (Phi) is 4.30. The van der Waals surface area contributed by atoms with E-state index in [-0.39, 0.29) is 0 Å². The minimum absolute atomic E-state index is 0.366. The van der Waals surface area contributed by atoms with Gasteiger partial charge < -0.3 is 4.84 Å². The van der Waals surface area contributed by atoms with Crippen molar-refractivity contribution >= 4 is 6.21 Å². The minimum Gasteiger partial charge on any atom is -0.390 e. The Morgan fingerprint density at radius 1 is 1.11 bits per heavy atom. The van der Waals surface area contributed by atoms with E-state index in [0.717, 1.165) is 16.7 Å². The quantitative estimate of drug-likeness (QED) is 0.616. The summed E-state index contributed by atoms with van der Waals surface area (Å²) in [6.45, 7) is 2.36. The Morgan fingerprint density at radius 3 is 2.53 bits per heavy atom. The average molecular weight is 249 g/mol. The average Bonchev–Trinajstić information content (AvgIpc) is 2.46. The normalized spacial score (nSPS) is 10.3. The maximum absolute atomic E-state index is 8.68. The summed E-state index contributed by atoms with van der Waals surface area (Å²) >= 11 is 0. The van der Waals surface area contributed by atoms with Gasteiger partial charge in [-0.1, -0.05) is 41.6 Å². The third kappa shape index (κ3) is 3.68. The van der Waals surface area contributed by atoms with Crippen LogP contribution >= 0.6 is 0 Å². The highest BCUT2D eigenvalue weighted by Gasteiger charge is 1.95. The lowest BCUT2D eigenvalue weighted by atomic mass is 10.1. The van der Waals surface area contributed by atoms with Crippen LogP contribution in [-0.2, 0) is 11.4 Å². The molecule has 0 heterocycles. The zero-order valence-corrected chi connectivity index (χ0v) is 10.6. The molecule has 3 nitrogen and oxygen atoms in total. The minimum atomic E-state index is 0.366. The third-order valence-electron chi connectivity index (χ3n) is 2.69. The standard InChI is InChI=1S/C16H13N2O/c1-13-4-2-3-5-16(13)11-18-19-12-15-8-6-14(10-17)7-9-15/h2-9H,12H2,1H3. The van der Waals surface area contributed by atoms with Gasteiger partial charge in [0.25, 0.3) is 0 Å². The second kappa shape index (κ2) is 6.36. The van der Waals surface area contributed by atoms with E-state index in [9.17, 15) is 0 Å². The Balaban J connectivity index is 1.90. The van der Waals surface area contributed by atoms with Crippen molar-refractivity contribution in [3.05, 3.63) is 70.8 Å². The first kappa shape index (κ1) is 12.8. The maximum Gasteiger partial charge on any atom is 0.142 e. The molecule has 0 N–H and O–H groups in total. The number of nitrogens with zero attached hydrogens (tertiary/aromatic N) is 2. The number of hydrogen-bond donors (Lipinski definition) is 0. The first-order chi connectivity index (χ1) is 9.29. The predicted octanol–water partition coefficient (Wildman–Crippen LogP) is 3.29. The van der Waals surface area contributed by atoms with E-state index in [1.807, 2.05) is 43.3 Å². The van der Waals surface area contributed by atoms with Gasteiger partial charge >= 0.3 is 0 Å². The summed E-state index contributed by atoms with van der Waals surface area (Å²) in [5, 5.41) is 12.5. The van der Waals surface area contributed by atoms with E-state index in [1.165, 1.54) is 0 Å². The predicted molar refractivity (Wildman–Crippen MR) is 73.7 cm³/mol. The molecule has 0 amide bonds. The van der Waals surface area contributed by atoms with Gasteiger partial charge in [0.2, 0.25) is 0 Å². The molecule has 0 unspecified atom stereocenters.